The Hall–Kier alpha value is -0.843. The summed E-state index contributed by atoms with van der Waals surface area (Å²) < 4.78 is 5.73. The van der Waals surface area contributed by atoms with Crippen LogP contribution >= 0.6 is 0 Å². The molecular weight excluding hydrogens is 246 g/mol. The molecule has 0 amide bonds. The van der Waals surface area contributed by atoms with Gasteiger partial charge >= 0.3 is 5.97 Å². The van der Waals surface area contributed by atoms with E-state index < -0.39 is 8.32 Å². The molecule has 0 rings (SSSR count). The molecule has 0 aliphatic rings. The molecule has 18 heavy (non-hydrogen) atoms. The quantitative estimate of drug-likeness (QED) is 0.437. The van der Waals surface area contributed by atoms with Crippen LogP contribution in [0.2, 0.25) is 18.1 Å². The minimum atomic E-state index is -2.10. The fraction of sp³-hybridized carbons (Fsp3) is 0.846. The summed E-state index contributed by atoms with van der Waals surface area (Å²) in [6.45, 7) is 14.4. The zero-order valence-electron chi connectivity index (χ0n) is 13.0. The second-order valence-electron chi connectivity index (χ2n) is 6.12. The van der Waals surface area contributed by atoms with Gasteiger partial charge in [0.25, 0.3) is 8.32 Å². The Labute approximate surface area is 112 Å². The van der Waals surface area contributed by atoms with E-state index in [1.807, 2.05) is 26.9 Å². The van der Waals surface area contributed by atoms with E-state index in [1.165, 1.54) is 7.11 Å². The molecule has 1 unspecified atom stereocenters. The molecule has 0 bridgehead atoms. The average Bonchev–Trinajstić information content (AvgIpc) is 2.22. The molecule has 0 radical (unpaired) electrons. The standard InChI is InChI=1S/C13H27NO3Si/c1-9-10(2)11(14-16-6)12(15)17-18(7,8)13(3,4)5/h10H,9H2,1-8H3/b14-11+. The maximum atomic E-state index is 12.2. The second kappa shape index (κ2) is 6.36. The first-order chi connectivity index (χ1) is 8.06. The number of carbonyl (C=O) groups excluding carboxylic acids is 1. The highest BCUT2D eigenvalue weighted by Gasteiger charge is 2.41. The van der Waals surface area contributed by atoms with Crippen LogP contribution < -0.4 is 0 Å². The van der Waals surface area contributed by atoms with Crippen molar-refractivity contribution < 1.29 is 14.1 Å². The van der Waals surface area contributed by atoms with Crippen molar-refractivity contribution >= 4 is 20.0 Å². The molecule has 0 N–H and O–H groups in total. The summed E-state index contributed by atoms with van der Waals surface area (Å²) in [6, 6.07) is 0. The summed E-state index contributed by atoms with van der Waals surface area (Å²) >= 11 is 0. The van der Waals surface area contributed by atoms with Gasteiger partial charge in [-0.1, -0.05) is 39.8 Å². The van der Waals surface area contributed by atoms with Crippen LogP contribution in [0.5, 0.6) is 0 Å². The third-order valence-corrected chi connectivity index (χ3v) is 7.94. The predicted molar refractivity (Wildman–Crippen MR) is 77.2 cm³/mol. The van der Waals surface area contributed by atoms with Crippen LogP contribution in [0.15, 0.2) is 5.16 Å². The Morgan fingerprint density at radius 3 is 2.17 bits per heavy atom. The monoisotopic (exact) mass is 273 g/mol. The molecule has 0 saturated heterocycles. The first-order valence-electron chi connectivity index (χ1n) is 6.41. The van der Waals surface area contributed by atoms with Gasteiger partial charge in [0.05, 0.1) is 0 Å². The molecule has 0 aromatic carbocycles. The Bertz CT molecular complexity index is 319. The lowest BCUT2D eigenvalue weighted by molar-refractivity contribution is -0.128. The number of oxime groups is 1. The lowest BCUT2D eigenvalue weighted by Gasteiger charge is -2.35. The van der Waals surface area contributed by atoms with Crippen LogP contribution in [0, 0.1) is 5.92 Å². The Kier molecular flexibility index (Phi) is 6.06. The summed E-state index contributed by atoms with van der Waals surface area (Å²) in [5, 5.41) is 3.82. The van der Waals surface area contributed by atoms with Gasteiger partial charge < -0.3 is 9.26 Å². The highest BCUT2D eigenvalue weighted by Crippen LogP contribution is 2.36. The average molecular weight is 273 g/mol. The lowest BCUT2D eigenvalue weighted by Crippen LogP contribution is -2.45. The SMILES string of the molecule is CCC(C)/C(=N\OC)C(=O)O[Si](C)(C)C(C)(C)C. The largest absolute Gasteiger partial charge is 0.515 e. The van der Waals surface area contributed by atoms with Crippen molar-refractivity contribution in [2.45, 2.75) is 59.2 Å². The summed E-state index contributed by atoms with van der Waals surface area (Å²) in [4.78, 5) is 16.9. The normalized spacial score (nSPS) is 15.2. The topological polar surface area (TPSA) is 47.9 Å². The van der Waals surface area contributed by atoms with Crippen molar-refractivity contribution in [3.63, 3.8) is 0 Å². The van der Waals surface area contributed by atoms with Crippen LogP contribution in [0.3, 0.4) is 0 Å². The lowest BCUT2D eigenvalue weighted by atomic mass is 10.0. The van der Waals surface area contributed by atoms with Crippen LogP contribution in [-0.4, -0.2) is 27.1 Å². The Morgan fingerprint density at radius 2 is 1.83 bits per heavy atom. The number of carbonyl (C=O) groups is 1. The molecule has 5 heteroatoms. The van der Waals surface area contributed by atoms with Gasteiger partial charge in [-0.3, -0.25) is 0 Å². The number of hydrogen-bond acceptors (Lipinski definition) is 4. The van der Waals surface area contributed by atoms with E-state index >= 15 is 0 Å². The van der Waals surface area contributed by atoms with Gasteiger partial charge in [-0.15, -0.1) is 0 Å². The van der Waals surface area contributed by atoms with E-state index in [2.05, 4.69) is 25.9 Å². The first kappa shape index (κ1) is 17.2. The van der Waals surface area contributed by atoms with Gasteiger partial charge in [-0.25, -0.2) is 4.79 Å². The highest BCUT2D eigenvalue weighted by molar-refractivity contribution is 6.76. The zero-order chi connectivity index (χ0) is 14.6. The highest BCUT2D eigenvalue weighted by atomic mass is 28.4. The zero-order valence-corrected chi connectivity index (χ0v) is 14.0. The van der Waals surface area contributed by atoms with Crippen LogP contribution in [0.4, 0.5) is 0 Å². The molecule has 0 aromatic heterocycles. The Morgan fingerprint density at radius 1 is 1.33 bits per heavy atom. The maximum absolute atomic E-state index is 12.2. The van der Waals surface area contributed by atoms with Crippen molar-refractivity contribution in [2.24, 2.45) is 11.1 Å². The van der Waals surface area contributed by atoms with E-state index in [1.54, 1.807) is 0 Å². The third-order valence-electron chi connectivity index (χ3n) is 3.63. The summed E-state index contributed by atoms with van der Waals surface area (Å²) in [6.07, 6.45) is 0.828. The minimum absolute atomic E-state index is 0.00368. The number of nitrogens with zero attached hydrogens (tertiary/aromatic N) is 1. The number of hydrogen-bond donors (Lipinski definition) is 0. The van der Waals surface area contributed by atoms with Gasteiger partial charge in [0.2, 0.25) is 0 Å². The van der Waals surface area contributed by atoms with Gasteiger partial charge in [-0.05, 0) is 24.6 Å². The fourth-order valence-corrected chi connectivity index (χ4v) is 1.93. The minimum Gasteiger partial charge on any atom is -0.515 e. The van der Waals surface area contributed by atoms with Gasteiger partial charge in [0.1, 0.15) is 7.11 Å². The van der Waals surface area contributed by atoms with E-state index in [0.29, 0.717) is 5.71 Å². The van der Waals surface area contributed by atoms with E-state index in [-0.39, 0.29) is 16.9 Å². The molecule has 0 spiro atoms. The fourth-order valence-electron chi connectivity index (χ4n) is 1.06. The van der Waals surface area contributed by atoms with Gasteiger partial charge in [-0.2, -0.15) is 0 Å². The van der Waals surface area contributed by atoms with Crippen molar-refractivity contribution in [3.8, 4) is 0 Å². The summed E-state index contributed by atoms with van der Waals surface area (Å²) in [5.74, 6) is -0.292. The van der Waals surface area contributed by atoms with Crippen LogP contribution in [0.1, 0.15) is 41.0 Å². The molecule has 0 aliphatic carbocycles. The van der Waals surface area contributed by atoms with Crippen LogP contribution in [0.25, 0.3) is 0 Å². The van der Waals surface area contributed by atoms with E-state index in [9.17, 15) is 4.79 Å². The molecule has 0 saturated carbocycles. The molecular formula is C13H27NO3Si. The van der Waals surface area contributed by atoms with E-state index in [0.717, 1.165) is 6.42 Å². The van der Waals surface area contributed by atoms with Crippen molar-refractivity contribution in [1.29, 1.82) is 0 Å². The maximum Gasteiger partial charge on any atom is 0.343 e. The first-order valence-corrected chi connectivity index (χ1v) is 9.32. The van der Waals surface area contributed by atoms with E-state index in [4.69, 9.17) is 9.26 Å². The summed E-state index contributed by atoms with van der Waals surface area (Å²) in [7, 11) is -0.658. The Balaban J connectivity index is 4.99. The van der Waals surface area contributed by atoms with Crippen molar-refractivity contribution in [3.05, 3.63) is 0 Å². The predicted octanol–water partition coefficient (Wildman–Crippen LogP) is 3.58. The molecule has 0 aromatic rings. The van der Waals surface area contributed by atoms with Crippen molar-refractivity contribution in [2.75, 3.05) is 7.11 Å². The molecule has 106 valence electrons. The van der Waals surface area contributed by atoms with Gasteiger partial charge in [0, 0.05) is 5.92 Å². The van der Waals surface area contributed by atoms with Crippen molar-refractivity contribution in [1.82, 2.24) is 0 Å². The molecule has 0 aliphatic heterocycles. The molecule has 4 nitrogen and oxygen atoms in total. The van der Waals surface area contributed by atoms with Gasteiger partial charge in [0.15, 0.2) is 5.71 Å². The molecule has 0 fully saturated rings. The number of rotatable bonds is 5. The third kappa shape index (κ3) is 4.44. The van der Waals surface area contributed by atoms with Crippen LogP contribution in [-0.2, 0) is 14.1 Å². The molecule has 0 heterocycles. The molecule has 1 atom stereocenters. The summed E-state index contributed by atoms with van der Waals surface area (Å²) in [5.41, 5.74) is 0.379. The second-order valence-corrected chi connectivity index (χ2v) is 10.8. The smallest absolute Gasteiger partial charge is 0.343 e.